The van der Waals surface area contributed by atoms with Gasteiger partial charge in [0.15, 0.2) is 0 Å². The number of hydrogen-bond donors (Lipinski definition) is 1. The molecule has 1 fully saturated rings. The fourth-order valence-corrected chi connectivity index (χ4v) is 4.89. The Kier molecular flexibility index (Phi) is 4.82. The SMILES string of the molecule is NC(=O)C1(CCCCN2CCCCC2)c2ccccc2-c2ccccc21. The lowest BCUT2D eigenvalue weighted by atomic mass is 9.73. The number of hydrogen-bond acceptors (Lipinski definition) is 2. The highest BCUT2D eigenvalue weighted by Crippen LogP contribution is 2.51. The lowest BCUT2D eigenvalue weighted by molar-refractivity contribution is -0.122. The summed E-state index contributed by atoms with van der Waals surface area (Å²) < 4.78 is 0. The molecule has 136 valence electrons. The Morgan fingerprint density at radius 3 is 2.04 bits per heavy atom. The van der Waals surface area contributed by atoms with Crippen LogP contribution in [0.1, 0.15) is 49.7 Å². The van der Waals surface area contributed by atoms with Gasteiger partial charge in [-0.2, -0.15) is 0 Å². The first-order valence-corrected chi connectivity index (χ1v) is 9.95. The molecule has 0 unspecified atom stereocenters. The molecule has 2 aromatic carbocycles. The van der Waals surface area contributed by atoms with E-state index in [1.807, 2.05) is 24.3 Å². The Balaban J connectivity index is 1.57. The Bertz CT molecular complexity index is 747. The Morgan fingerprint density at radius 1 is 0.885 bits per heavy atom. The van der Waals surface area contributed by atoms with Gasteiger partial charge in [0.1, 0.15) is 0 Å². The zero-order chi connectivity index (χ0) is 18.0. The molecule has 2 N–H and O–H groups in total. The molecule has 1 saturated heterocycles. The molecule has 1 aliphatic carbocycles. The minimum atomic E-state index is -0.672. The average molecular weight is 348 g/mol. The second kappa shape index (κ2) is 7.24. The van der Waals surface area contributed by atoms with Gasteiger partial charge in [-0.05, 0) is 67.6 Å². The average Bonchev–Trinajstić information content (AvgIpc) is 2.98. The maximum Gasteiger partial charge on any atom is 0.232 e. The summed E-state index contributed by atoms with van der Waals surface area (Å²) in [5.41, 5.74) is 9.88. The third kappa shape index (κ3) is 2.84. The van der Waals surface area contributed by atoms with Crippen molar-refractivity contribution in [3.8, 4) is 11.1 Å². The molecule has 2 aliphatic rings. The largest absolute Gasteiger partial charge is 0.369 e. The minimum Gasteiger partial charge on any atom is -0.369 e. The summed E-state index contributed by atoms with van der Waals surface area (Å²) in [4.78, 5) is 15.3. The fourth-order valence-electron chi connectivity index (χ4n) is 4.89. The number of fused-ring (bicyclic) bond motifs is 3. The molecule has 0 spiro atoms. The summed E-state index contributed by atoms with van der Waals surface area (Å²) in [6, 6.07) is 16.5. The molecule has 0 aromatic heterocycles. The maximum atomic E-state index is 12.8. The zero-order valence-corrected chi connectivity index (χ0v) is 15.4. The van der Waals surface area contributed by atoms with Gasteiger partial charge in [0.05, 0.1) is 5.41 Å². The normalized spacial score (nSPS) is 18.3. The van der Waals surface area contributed by atoms with E-state index in [1.54, 1.807) is 0 Å². The van der Waals surface area contributed by atoms with Crippen LogP contribution in [0.4, 0.5) is 0 Å². The van der Waals surface area contributed by atoms with Crippen LogP contribution in [0, 0.1) is 0 Å². The number of amides is 1. The van der Waals surface area contributed by atoms with Crippen LogP contribution in [-0.4, -0.2) is 30.4 Å². The van der Waals surface area contributed by atoms with E-state index in [9.17, 15) is 4.79 Å². The van der Waals surface area contributed by atoms with Crippen LogP contribution in [0.5, 0.6) is 0 Å². The second-order valence-corrected chi connectivity index (χ2v) is 7.72. The summed E-state index contributed by atoms with van der Waals surface area (Å²) >= 11 is 0. The highest BCUT2D eigenvalue weighted by Gasteiger charge is 2.47. The summed E-state index contributed by atoms with van der Waals surface area (Å²) in [5.74, 6) is -0.215. The lowest BCUT2D eigenvalue weighted by Crippen LogP contribution is -2.41. The van der Waals surface area contributed by atoms with E-state index in [-0.39, 0.29) is 5.91 Å². The molecule has 0 saturated carbocycles. The zero-order valence-electron chi connectivity index (χ0n) is 15.4. The van der Waals surface area contributed by atoms with Crippen molar-refractivity contribution in [3.05, 3.63) is 59.7 Å². The van der Waals surface area contributed by atoms with Crippen LogP contribution in [0.2, 0.25) is 0 Å². The summed E-state index contributed by atoms with van der Waals surface area (Å²) in [6.07, 6.45) is 6.96. The van der Waals surface area contributed by atoms with Crippen molar-refractivity contribution in [2.75, 3.05) is 19.6 Å². The van der Waals surface area contributed by atoms with E-state index in [4.69, 9.17) is 5.73 Å². The number of primary amides is 1. The minimum absolute atomic E-state index is 0.215. The molecule has 1 aliphatic heterocycles. The summed E-state index contributed by atoms with van der Waals surface area (Å²) in [5, 5.41) is 0. The van der Waals surface area contributed by atoms with E-state index < -0.39 is 5.41 Å². The molecule has 0 atom stereocenters. The molecule has 4 rings (SSSR count). The molecule has 0 bridgehead atoms. The Hall–Kier alpha value is -2.13. The van der Waals surface area contributed by atoms with Gasteiger partial charge in [-0.1, -0.05) is 61.4 Å². The topological polar surface area (TPSA) is 46.3 Å². The molecular formula is C23H28N2O. The second-order valence-electron chi connectivity index (χ2n) is 7.72. The third-order valence-corrected chi connectivity index (χ3v) is 6.21. The van der Waals surface area contributed by atoms with Gasteiger partial charge >= 0.3 is 0 Å². The summed E-state index contributed by atoms with van der Waals surface area (Å²) in [6.45, 7) is 3.59. The van der Waals surface area contributed by atoms with Crippen molar-refractivity contribution in [3.63, 3.8) is 0 Å². The van der Waals surface area contributed by atoms with E-state index in [0.29, 0.717) is 0 Å². The number of rotatable bonds is 6. The van der Waals surface area contributed by atoms with Gasteiger partial charge in [-0.15, -0.1) is 0 Å². The van der Waals surface area contributed by atoms with Gasteiger partial charge < -0.3 is 10.6 Å². The van der Waals surface area contributed by atoms with E-state index in [0.717, 1.165) is 48.1 Å². The number of nitrogens with zero attached hydrogens (tertiary/aromatic N) is 1. The van der Waals surface area contributed by atoms with Crippen LogP contribution < -0.4 is 5.73 Å². The number of carbonyl (C=O) groups excluding carboxylic acids is 1. The maximum absolute atomic E-state index is 12.8. The molecule has 2 aromatic rings. The molecule has 3 nitrogen and oxygen atoms in total. The van der Waals surface area contributed by atoms with E-state index >= 15 is 0 Å². The molecule has 0 radical (unpaired) electrons. The highest BCUT2D eigenvalue weighted by atomic mass is 16.1. The Morgan fingerprint density at radius 2 is 1.46 bits per heavy atom. The van der Waals surface area contributed by atoms with Gasteiger partial charge in [0, 0.05) is 0 Å². The molecular weight excluding hydrogens is 320 g/mol. The number of piperidine rings is 1. The molecule has 26 heavy (non-hydrogen) atoms. The number of nitrogens with two attached hydrogens (primary N) is 1. The van der Waals surface area contributed by atoms with Crippen molar-refractivity contribution >= 4 is 5.91 Å². The van der Waals surface area contributed by atoms with Crippen LogP contribution in [0.15, 0.2) is 48.5 Å². The number of likely N-dealkylation sites (tertiary alicyclic amines) is 1. The van der Waals surface area contributed by atoms with Crippen LogP contribution in [0.3, 0.4) is 0 Å². The van der Waals surface area contributed by atoms with Crippen molar-refractivity contribution in [1.82, 2.24) is 4.90 Å². The highest BCUT2D eigenvalue weighted by molar-refractivity contribution is 5.99. The van der Waals surface area contributed by atoms with Crippen molar-refractivity contribution in [2.24, 2.45) is 5.73 Å². The third-order valence-electron chi connectivity index (χ3n) is 6.21. The van der Waals surface area contributed by atoms with Gasteiger partial charge in [-0.25, -0.2) is 0 Å². The monoisotopic (exact) mass is 348 g/mol. The van der Waals surface area contributed by atoms with Crippen molar-refractivity contribution < 1.29 is 4.79 Å². The predicted octanol–water partition coefficient (Wildman–Crippen LogP) is 4.09. The van der Waals surface area contributed by atoms with E-state index in [1.165, 1.54) is 32.4 Å². The number of unbranched alkanes of at least 4 members (excludes halogenated alkanes) is 1. The van der Waals surface area contributed by atoms with Gasteiger partial charge in [-0.3, -0.25) is 4.79 Å². The molecule has 1 amide bonds. The van der Waals surface area contributed by atoms with Crippen molar-refractivity contribution in [1.29, 1.82) is 0 Å². The van der Waals surface area contributed by atoms with E-state index in [2.05, 4.69) is 29.2 Å². The summed E-state index contributed by atoms with van der Waals surface area (Å²) in [7, 11) is 0. The standard InChI is InChI=1S/C23H28N2O/c24-22(26)23(14-6-9-17-25-15-7-1-8-16-25)20-12-4-2-10-18(20)19-11-3-5-13-21(19)23/h2-5,10-13H,1,6-9,14-17H2,(H2,24,26). The first kappa shape index (κ1) is 17.3. The number of benzene rings is 2. The van der Waals surface area contributed by atoms with Gasteiger partial charge in [0.25, 0.3) is 0 Å². The van der Waals surface area contributed by atoms with Crippen molar-refractivity contribution in [2.45, 2.75) is 43.9 Å². The van der Waals surface area contributed by atoms with Crippen LogP contribution in [0.25, 0.3) is 11.1 Å². The number of carbonyl (C=O) groups is 1. The molecule has 1 heterocycles. The predicted molar refractivity (Wildman–Crippen MR) is 106 cm³/mol. The van der Waals surface area contributed by atoms with Crippen LogP contribution >= 0.6 is 0 Å². The van der Waals surface area contributed by atoms with Crippen LogP contribution in [-0.2, 0) is 10.2 Å². The van der Waals surface area contributed by atoms with Gasteiger partial charge in [0.2, 0.25) is 5.91 Å². The Labute approximate surface area is 156 Å². The smallest absolute Gasteiger partial charge is 0.232 e. The molecule has 3 heteroatoms. The first-order valence-electron chi connectivity index (χ1n) is 9.95. The lowest BCUT2D eigenvalue weighted by Gasteiger charge is -2.30. The first-order chi connectivity index (χ1) is 12.7. The quantitative estimate of drug-likeness (QED) is 0.799. The fraction of sp³-hybridized carbons (Fsp3) is 0.435.